The Kier molecular flexibility index (Phi) is 0.931. The molecule has 0 aliphatic carbocycles. The summed E-state index contributed by atoms with van der Waals surface area (Å²) >= 11 is 3.07. The van der Waals surface area contributed by atoms with Crippen molar-refractivity contribution in [2.24, 2.45) is 0 Å². The van der Waals surface area contributed by atoms with E-state index >= 15 is 0 Å². The fourth-order valence-electron chi connectivity index (χ4n) is 0.459. The first-order valence-corrected chi connectivity index (χ1v) is 3.12. The monoisotopic (exact) mass is 189 g/mol. The first-order chi connectivity index (χ1) is 5.43. The molecule has 1 aromatic rings. The van der Waals surface area contributed by atoms with E-state index in [0.29, 0.717) is 10.2 Å². The molecule has 0 bridgehead atoms. The van der Waals surface area contributed by atoms with Gasteiger partial charge in [0.1, 0.15) is 0 Å². The molecule has 0 amide bonds. The Morgan fingerprint density at radius 3 is 3.22 bits per heavy atom. The van der Waals surface area contributed by atoms with E-state index in [9.17, 15) is 0 Å². The summed E-state index contributed by atoms with van der Waals surface area (Å²) in [4.78, 5) is 3.72. The number of aromatic nitrogens is 1. The van der Waals surface area contributed by atoms with Gasteiger partial charge in [0.05, 0.1) is 10.2 Å². The summed E-state index contributed by atoms with van der Waals surface area (Å²) in [5.74, 6) is 0. The normalized spacial score (nSPS) is 15.9. The molecule has 0 aliphatic heterocycles. The second-order valence-electron chi connectivity index (χ2n) is 1.56. The van der Waals surface area contributed by atoms with E-state index in [4.69, 9.17) is 9.85 Å². The zero-order valence-electron chi connectivity index (χ0n) is 7.56. The van der Waals surface area contributed by atoms with Crippen molar-refractivity contribution in [2.45, 2.75) is 6.85 Å². The van der Waals surface area contributed by atoms with Crippen LogP contribution in [0.5, 0.6) is 0 Å². The minimum absolute atomic E-state index is 0.00231. The summed E-state index contributed by atoms with van der Waals surface area (Å²) in [5, 5.41) is 0. The number of rotatable bonds is 0. The number of halogens is 1. The van der Waals surface area contributed by atoms with Crippen LogP contribution in [0.1, 0.15) is 9.81 Å². The molecule has 1 aromatic heterocycles. The predicted molar refractivity (Wildman–Crippen MR) is 41.1 cm³/mol. The lowest BCUT2D eigenvalue weighted by Crippen LogP contribution is -1.89. The fraction of sp³-hybridized carbons (Fsp3) is 0.167. The van der Waals surface area contributed by atoms with Crippen molar-refractivity contribution in [2.75, 3.05) is 5.73 Å². The lowest BCUT2D eigenvalue weighted by atomic mass is 10.3. The van der Waals surface area contributed by atoms with Crippen molar-refractivity contribution in [1.29, 1.82) is 0 Å². The van der Waals surface area contributed by atoms with E-state index in [1.807, 2.05) is 0 Å². The van der Waals surface area contributed by atoms with Crippen molar-refractivity contribution in [3.63, 3.8) is 0 Å². The van der Waals surface area contributed by atoms with Crippen molar-refractivity contribution >= 4 is 21.6 Å². The molecule has 1 rings (SSSR count). The van der Waals surface area contributed by atoms with Gasteiger partial charge in [0.25, 0.3) is 0 Å². The summed E-state index contributed by atoms with van der Waals surface area (Å²) in [6.07, 6.45) is 1.38. The molecule has 0 unspecified atom stereocenters. The maximum Gasteiger partial charge on any atom is 0.0617 e. The highest BCUT2D eigenvalue weighted by Crippen LogP contribution is 2.20. The van der Waals surface area contributed by atoms with Crippen LogP contribution in [-0.4, -0.2) is 4.98 Å². The van der Waals surface area contributed by atoms with Crippen LogP contribution >= 0.6 is 15.9 Å². The molecule has 0 atom stereocenters. The van der Waals surface area contributed by atoms with E-state index in [2.05, 4.69) is 20.9 Å². The van der Waals surface area contributed by atoms with Crippen LogP contribution in [0.15, 0.2) is 16.7 Å². The quantitative estimate of drug-likeness (QED) is 0.676. The maximum atomic E-state index is 7.10. The number of anilines is 1. The van der Waals surface area contributed by atoms with Gasteiger partial charge in [-0.15, -0.1) is 0 Å². The molecule has 48 valence electrons. The molecule has 0 saturated heterocycles. The molecule has 0 saturated carbocycles. The average Bonchev–Trinajstić information content (AvgIpc) is 1.92. The number of hydrogen-bond donors (Lipinski definition) is 1. The lowest BCUT2D eigenvalue weighted by Gasteiger charge is -1.97. The standard InChI is InChI=1S/C6H7BrN2/c1-4-6(7)5(8)2-3-9-4/h2-3H,1H3,(H2,8,9)/i1D3. The van der Waals surface area contributed by atoms with Crippen LogP contribution in [-0.2, 0) is 0 Å². The average molecular weight is 190 g/mol. The smallest absolute Gasteiger partial charge is 0.0617 e. The van der Waals surface area contributed by atoms with Crippen LogP contribution in [0.2, 0.25) is 0 Å². The molecule has 1 heterocycles. The summed E-state index contributed by atoms with van der Waals surface area (Å²) < 4.78 is 21.6. The van der Waals surface area contributed by atoms with Gasteiger partial charge in [-0.05, 0) is 28.8 Å². The Morgan fingerprint density at radius 1 is 1.89 bits per heavy atom. The van der Waals surface area contributed by atoms with Gasteiger partial charge in [-0.1, -0.05) is 0 Å². The predicted octanol–water partition coefficient (Wildman–Crippen LogP) is 1.73. The summed E-state index contributed by atoms with van der Waals surface area (Å²) in [7, 11) is 0. The van der Waals surface area contributed by atoms with E-state index in [1.165, 1.54) is 6.20 Å². The first kappa shape index (κ1) is 3.56. The van der Waals surface area contributed by atoms with E-state index in [0.717, 1.165) is 0 Å². The van der Waals surface area contributed by atoms with Crippen molar-refractivity contribution in [1.82, 2.24) is 4.98 Å². The van der Waals surface area contributed by atoms with E-state index in [-0.39, 0.29) is 5.69 Å². The van der Waals surface area contributed by atoms with Gasteiger partial charge in [0.2, 0.25) is 0 Å². The zero-order chi connectivity index (χ0) is 9.35. The van der Waals surface area contributed by atoms with Crippen molar-refractivity contribution < 1.29 is 4.11 Å². The van der Waals surface area contributed by atoms with Gasteiger partial charge in [0.15, 0.2) is 0 Å². The van der Waals surface area contributed by atoms with Gasteiger partial charge in [-0.25, -0.2) is 0 Å². The van der Waals surface area contributed by atoms with Crippen LogP contribution in [0.4, 0.5) is 5.69 Å². The van der Waals surface area contributed by atoms with E-state index < -0.39 is 6.85 Å². The molecule has 0 radical (unpaired) electrons. The minimum atomic E-state index is -2.21. The third-order valence-electron chi connectivity index (χ3n) is 0.919. The molecular formula is C6H7BrN2. The van der Waals surface area contributed by atoms with Crippen LogP contribution in [0.3, 0.4) is 0 Å². The van der Waals surface area contributed by atoms with Gasteiger partial charge < -0.3 is 5.73 Å². The molecule has 0 spiro atoms. The van der Waals surface area contributed by atoms with Crippen molar-refractivity contribution in [3.8, 4) is 0 Å². The number of nitrogen functional groups attached to an aromatic ring is 1. The molecular weight excluding hydrogens is 180 g/mol. The Balaban J connectivity index is 3.26. The molecule has 0 aromatic carbocycles. The van der Waals surface area contributed by atoms with Gasteiger partial charge in [0, 0.05) is 16.0 Å². The Hall–Kier alpha value is -0.570. The summed E-state index contributed by atoms with van der Waals surface area (Å²) in [6, 6.07) is 1.54. The lowest BCUT2D eigenvalue weighted by molar-refractivity contribution is 1.18. The third-order valence-corrected chi connectivity index (χ3v) is 1.75. The van der Waals surface area contributed by atoms with Gasteiger partial charge in [-0.3, -0.25) is 4.98 Å². The highest BCUT2D eigenvalue weighted by molar-refractivity contribution is 9.10. The molecule has 0 fully saturated rings. The molecule has 2 N–H and O–H groups in total. The minimum Gasteiger partial charge on any atom is -0.398 e. The number of nitrogens with two attached hydrogens (primary N) is 1. The number of aryl methyl sites for hydroxylation is 1. The molecule has 9 heavy (non-hydrogen) atoms. The maximum absolute atomic E-state index is 7.10. The fourth-order valence-corrected chi connectivity index (χ4v) is 0.693. The highest BCUT2D eigenvalue weighted by atomic mass is 79.9. The third kappa shape index (κ3) is 1.21. The number of hydrogen-bond acceptors (Lipinski definition) is 2. The molecule has 0 aliphatic rings. The van der Waals surface area contributed by atoms with E-state index in [1.54, 1.807) is 6.07 Å². The summed E-state index contributed by atoms with van der Waals surface area (Å²) in [5.41, 5.74) is 5.87. The first-order valence-electron chi connectivity index (χ1n) is 3.83. The molecule has 2 nitrogen and oxygen atoms in total. The Labute approximate surface area is 66.4 Å². The zero-order valence-corrected chi connectivity index (χ0v) is 6.14. The topological polar surface area (TPSA) is 38.9 Å². The largest absolute Gasteiger partial charge is 0.398 e. The van der Waals surface area contributed by atoms with Gasteiger partial charge in [-0.2, -0.15) is 0 Å². The Morgan fingerprint density at radius 2 is 2.67 bits per heavy atom. The van der Waals surface area contributed by atoms with Crippen LogP contribution in [0.25, 0.3) is 0 Å². The van der Waals surface area contributed by atoms with Gasteiger partial charge >= 0.3 is 0 Å². The Bertz CT molecular complexity index is 297. The highest BCUT2D eigenvalue weighted by Gasteiger charge is 1.96. The van der Waals surface area contributed by atoms with Crippen LogP contribution in [0, 0.1) is 6.85 Å². The van der Waals surface area contributed by atoms with Crippen molar-refractivity contribution in [3.05, 3.63) is 22.4 Å². The molecule has 3 heteroatoms. The number of nitrogens with zero attached hydrogens (tertiary/aromatic N) is 1. The number of pyridine rings is 1. The second kappa shape index (κ2) is 2.35. The summed E-state index contributed by atoms with van der Waals surface area (Å²) in [6.45, 7) is -2.21. The SMILES string of the molecule is [2H]C([2H])([2H])c1nccc(N)c1Br. The second-order valence-corrected chi connectivity index (χ2v) is 2.36. The van der Waals surface area contributed by atoms with Crippen LogP contribution < -0.4 is 5.73 Å².